The number of carboxylic acid groups (broad SMARTS) is 1. The van der Waals surface area contributed by atoms with Crippen molar-refractivity contribution in [3.05, 3.63) is 35.7 Å². The smallest absolute Gasteiger partial charge is 0.328 e. The first-order valence-electron chi connectivity index (χ1n) is 6.33. The van der Waals surface area contributed by atoms with Crippen LogP contribution >= 0.6 is 0 Å². The summed E-state index contributed by atoms with van der Waals surface area (Å²) in [5.74, 6) is 0.674. The Bertz CT molecular complexity index is 639. The van der Waals surface area contributed by atoms with Gasteiger partial charge in [0.1, 0.15) is 5.82 Å². The molecule has 0 aliphatic heterocycles. The van der Waals surface area contributed by atoms with Crippen LogP contribution in [0.5, 0.6) is 0 Å². The van der Waals surface area contributed by atoms with E-state index in [9.17, 15) is 4.79 Å². The molecule has 100 valence electrons. The Morgan fingerprint density at radius 1 is 1.47 bits per heavy atom. The normalized spacial score (nSPS) is 11.8. The van der Waals surface area contributed by atoms with Crippen LogP contribution in [0.3, 0.4) is 0 Å². The van der Waals surface area contributed by atoms with Crippen molar-refractivity contribution in [1.82, 2.24) is 9.55 Å². The molecule has 1 heterocycles. The van der Waals surface area contributed by atoms with E-state index >= 15 is 0 Å². The van der Waals surface area contributed by atoms with Crippen molar-refractivity contribution in [3.8, 4) is 0 Å². The van der Waals surface area contributed by atoms with Crippen LogP contribution in [0.4, 0.5) is 0 Å². The molecule has 2 aromatic rings. The summed E-state index contributed by atoms with van der Waals surface area (Å²) in [6.07, 6.45) is 3.66. The third kappa shape index (κ3) is 3.02. The summed E-state index contributed by atoms with van der Waals surface area (Å²) in [5.41, 5.74) is 2.83. The maximum absolute atomic E-state index is 10.5. The van der Waals surface area contributed by atoms with Gasteiger partial charge in [0.05, 0.1) is 11.0 Å². The summed E-state index contributed by atoms with van der Waals surface area (Å²) in [4.78, 5) is 15.1. The summed E-state index contributed by atoms with van der Waals surface area (Å²) in [5, 5.41) is 8.63. The van der Waals surface area contributed by atoms with Crippen LogP contribution in [-0.4, -0.2) is 20.6 Å². The number of aliphatic carboxylic acids is 1. The van der Waals surface area contributed by atoms with Gasteiger partial charge in [-0.1, -0.05) is 19.9 Å². The highest BCUT2D eigenvalue weighted by Crippen LogP contribution is 2.19. The van der Waals surface area contributed by atoms with Crippen molar-refractivity contribution in [1.29, 1.82) is 0 Å². The molecule has 1 aromatic heterocycles. The summed E-state index contributed by atoms with van der Waals surface area (Å²) in [6, 6.07) is 5.80. The van der Waals surface area contributed by atoms with Gasteiger partial charge >= 0.3 is 5.97 Å². The summed E-state index contributed by atoms with van der Waals surface area (Å²) < 4.78 is 2.10. The van der Waals surface area contributed by atoms with Crippen molar-refractivity contribution < 1.29 is 9.90 Å². The van der Waals surface area contributed by atoms with Crippen molar-refractivity contribution in [2.24, 2.45) is 13.0 Å². The first-order chi connectivity index (χ1) is 8.97. The van der Waals surface area contributed by atoms with Gasteiger partial charge in [0.15, 0.2) is 0 Å². The average molecular weight is 258 g/mol. The molecule has 0 fully saturated rings. The van der Waals surface area contributed by atoms with Gasteiger partial charge in [-0.2, -0.15) is 0 Å². The molecule has 1 N–H and O–H groups in total. The van der Waals surface area contributed by atoms with Gasteiger partial charge in [0.25, 0.3) is 0 Å². The van der Waals surface area contributed by atoms with Crippen molar-refractivity contribution in [3.63, 3.8) is 0 Å². The molecule has 0 saturated carbocycles. The molecule has 4 nitrogen and oxygen atoms in total. The molecule has 0 saturated heterocycles. The van der Waals surface area contributed by atoms with E-state index in [1.54, 1.807) is 6.08 Å². The third-order valence-corrected chi connectivity index (χ3v) is 3.01. The van der Waals surface area contributed by atoms with Gasteiger partial charge < -0.3 is 9.67 Å². The fourth-order valence-corrected chi connectivity index (χ4v) is 2.09. The molecule has 0 amide bonds. The molecule has 0 bridgehead atoms. The fraction of sp³-hybridized carbons (Fsp3) is 0.333. The molecule has 0 atom stereocenters. The van der Waals surface area contributed by atoms with Gasteiger partial charge in [-0.05, 0) is 29.7 Å². The predicted octanol–water partition coefficient (Wildman–Crippen LogP) is 2.87. The SMILES string of the molecule is CC(C)Cc1nc2cc(/C=C/C(=O)O)ccc2n1C. The van der Waals surface area contributed by atoms with Gasteiger partial charge in [-0.15, -0.1) is 0 Å². The molecule has 0 aliphatic carbocycles. The molecular formula is C15H18N2O2. The number of carbonyl (C=O) groups is 1. The zero-order valence-corrected chi connectivity index (χ0v) is 11.4. The number of carboxylic acids is 1. The Balaban J connectivity index is 2.41. The van der Waals surface area contributed by atoms with Crippen LogP contribution in [0.15, 0.2) is 24.3 Å². The molecule has 2 rings (SSSR count). The quantitative estimate of drug-likeness (QED) is 0.858. The average Bonchev–Trinajstić information content (AvgIpc) is 2.63. The minimum Gasteiger partial charge on any atom is -0.478 e. The number of aryl methyl sites for hydroxylation is 1. The van der Waals surface area contributed by atoms with E-state index in [4.69, 9.17) is 5.11 Å². The van der Waals surface area contributed by atoms with Gasteiger partial charge in [-0.3, -0.25) is 0 Å². The van der Waals surface area contributed by atoms with Crippen molar-refractivity contribution in [2.45, 2.75) is 20.3 Å². The fourth-order valence-electron chi connectivity index (χ4n) is 2.09. The largest absolute Gasteiger partial charge is 0.478 e. The predicted molar refractivity (Wildman–Crippen MR) is 75.9 cm³/mol. The Hall–Kier alpha value is -2.10. The second-order valence-electron chi connectivity index (χ2n) is 5.10. The molecule has 19 heavy (non-hydrogen) atoms. The van der Waals surface area contributed by atoms with E-state index in [1.807, 2.05) is 25.2 Å². The number of benzene rings is 1. The van der Waals surface area contributed by atoms with Crippen LogP contribution < -0.4 is 0 Å². The molecular weight excluding hydrogens is 240 g/mol. The van der Waals surface area contributed by atoms with Crippen LogP contribution in [0.1, 0.15) is 25.2 Å². The van der Waals surface area contributed by atoms with E-state index in [-0.39, 0.29) is 0 Å². The molecule has 0 radical (unpaired) electrons. The number of nitrogens with zero attached hydrogens (tertiary/aromatic N) is 2. The van der Waals surface area contributed by atoms with E-state index in [0.29, 0.717) is 5.92 Å². The summed E-state index contributed by atoms with van der Waals surface area (Å²) >= 11 is 0. The van der Waals surface area contributed by atoms with Crippen molar-refractivity contribution >= 4 is 23.1 Å². The maximum atomic E-state index is 10.5. The second-order valence-corrected chi connectivity index (χ2v) is 5.10. The maximum Gasteiger partial charge on any atom is 0.328 e. The number of hydrogen-bond acceptors (Lipinski definition) is 2. The van der Waals surface area contributed by atoms with Gasteiger partial charge in [0.2, 0.25) is 0 Å². The minimum atomic E-state index is -0.943. The number of hydrogen-bond donors (Lipinski definition) is 1. The van der Waals surface area contributed by atoms with Crippen LogP contribution in [0, 0.1) is 5.92 Å². The topological polar surface area (TPSA) is 55.1 Å². The van der Waals surface area contributed by atoms with Gasteiger partial charge in [0, 0.05) is 19.5 Å². The summed E-state index contributed by atoms with van der Waals surface area (Å²) in [6.45, 7) is 4.33. The number of rotatable bonds is 4. The van der Waals surface area contributed by atoms with E-state index < -0.39 is 5.97 Å². The zero-order chi connectivity index (χ0) is 14.0. The van der Waals surface area contributed by atoms with Crippen molar-refractivity contribution in [2.75, 3.05) is 0 Å². The lowest BCUT2D eigenvalue weighted by molar-refractivity contribution is -0.131. The number of fused-ring (bicyclic) bond motifs is 1. The highest BCUT2D eigenvalue weighted by Gasteiger charge is 2.09. The van der Waals surface area contributed by atoms with E-state index in [1.165, 1.54) is 0 Å². The molecule has 0 spiro atoms. The Morgan fingerprint density at radius 2 is 2.21 bits per heavy atom. The molecule has 1 aromatic carbocycles. The lowest BCUT2D eigenvalue weighted by atomic mass is 10.1. The highest BCUT2D eigenvalue weighted by atomic mass is 16.4. The minimum absolute atomic E-state index is 0.557. The molecule has 0 unspecified atom stereocenters. The lowest BCUT2D eigenvalue weighted by Gasteiger charge is -2.04. The van der Waals surface area contributed by atoms with Crippen LogP contribution in [0.2, 0.25) is 0 Å². The van der Waals surface area contributed by atoms with Gasteiger partial charge in [-0.25, -0.2) is 9.78 Å². The Kier molecular flexibility index (Phi) is 3.69. The number of imidazole rings is 1. The Morgan fingerprint density at radius 3 is 2.84 bits per heavy atom. The monoisotopic (exact) mass is 258 g/mol. The Labute approximate surface area is 112 Å². The molecule has 0 aliphatic rings. The second kappa shape index (κ2) is 5.26. The van der Waals surface area contributed by atoms with E-state index in [2.05, 4.69) is 23.4 Å². The third-order valence-electron chi connectivity index (χ3n) is 3.01. The number of aromatic nitrogens is 2. The standard InChI is InChI=1S/C15H18N2O2/c1-10(2)8-14-16-12-9-11(5-7-15(18)19)4-6-13(12)17(14)3/h4-7,9-10H,8H2,1-3H3,(H,18,19)/b7-5+. The summed E-state index contributed by atoms with van der Waals surface area (Å²) in [7, 11) is 2.01. The zero-order valence-electron chi connectivity index (χ0n) is 11.4. The first-order valence-corrected chi connectivity index (χ1v) is 6.33. The lowest BCUT2D eigenvalue weighted by Crippen LogP contribution is -2.02. The highest BCUT2D eigenvalue weighted by molar-refractivity contribution is 5.87. The molecule has 4 heteroatoms. The van der Waals surface area contributed by atoms with Crippen LogP contribution in [-0.2, 0) is 18.3 Å². The van der Waals surface area contributed by atoms with Crippen LogP contribution in [0.25, 0.3) is 17.1 Å². The first kappa shape index (κ1) is 13.3. The van der Waals surface area contributed by atoms with E-state index in [0.717, 1.165) is 34.9 Å².